The van der Waals surface area contributed by atoms with Gasteiger partial charge in [-0.05, 0) is 12.1 Å². The van der Waals surface area contributed by atoms with Gasteiger partial charge in [0.25, 0.3) is 0 Å². The predicted octanol–water partition coefficient (Wildman–Crippen LogP) is 0.492. The van der Waals surface area contributed by atoms with Gasteiger partial charge in [0.1, 0.15) is 0 Å². The lowest BCUT2D eigenvalue weighted by Crippen LogP contribution is -2.49. The molecule has 0 unspecified atom stereocenters. The van der Waals surface area contributed by atoms with Crippen LogP contribution in [0.15, 0.2) is 30.3 Å². The number of piperazine rings is 1. The molecule has 0 atom stereocenters. The molecule has 78 valence electrons. The largest absolute Gasteiger partial charge is 0.334 e. The quantitative estimate of drug-likeness (QED) is 0.658. The molecule has 4 heteroatoms. The first-order valence-corrected chi connectivity index (χ1v) is 4.86. The SMILES string of the molecule is O=CN1CCN(c2ccccc2)C(=O)C1. The maximum atomic E-state index is 11.7. The van der Waals surface area contributed by atoms with E-state index in [1.54, 1.807) is 4.90 Å². The molecule has 1 saturated heterocycles. The van der Waals surface area contributed by atoms with E-state index in [1.807, 2.05) is 30.3 Å². The number of amides is 2. The monoisotopic (exact) mass is 204 g/mol. The minimum atomic E-state index is -0.0282. The molecule has 4 nitrogen and oxygen atoms in total. The van der Waals surface area contributed by atoms with Gasteiger partial charge in [-0.3, -0.25) is 9.59 Å². The molecule has 0 spiro atoms. The fourth-order valence-electron chi connectivity index (χ4n) is 1.66. The van der Waals surface area contributed by atoms with E-state index in [0.717, 1.165) is 12.1 Å². The number of benzene rings is 1. The standard InChI is InChI=1S/C11H12N2O2/c14-9-12-6-7-13(11(15)8-12)10-4-2-1-3-5-10/h1-5,9H,6-8H2. The lowest BCUT2D eigenvalue weighted by atomic mass is 10.2. The molecule has 1 aromatic carbocycles. The molecule has 1 aliphatic rings. The molecular weight excluding hydrogens is 192 g/mol. The molecule has 2 amide bonds. The summed E-state index contributed by atoms with van der Waals surface area (Å²) in [6, 6.07) is 9.50. The molecule has 1 aromatic rings. The van der Waals surface area contributed by atoms with Crippen LogP contribution in [0.25, 0.3) is 0 Å². The number of carbonyl (C=O) groups is 2. The van der Waals surface area contributed by atoms with Crippen LogP contribution in [0.4, 0.5) is 5.69 Å². The molecule has 0 N–H and O–H groups in total. The van der Waals surface area contributed by atoms with Crippen LogP contribution in [0.5, 0.6) is 0 Å². The summed E-state index contributed by atoms with van der Waals surface area (Å²) in [5, 5.41) is 0. The first-order valence-electron chi connectivity index (χ1n) is 4.86. The van der Waals surface area contributed by atoms with Crippen LogP contribution < -0.4 is 4.90 Å². The summed E-state index contributed by atoms with van der Waals surface area (Å²) >= 11 is 0. The van der Waals surface area contributed by atoms with Gasteiger partial charge in [-0.1, -0.05) is 18.2 Å². The molecule has 0 radical (unpaired) electrons. The summed E-state index contributed by atoms with van der Waals surface area (Å²) in [4.78, 5) is 25.4. The Labute approximate surface area is 88.1 Å². The Hall–Kier alpha value is -1.84. The number of anilines is 1. The highest BCUT2D eigenvalue weighted by Crippen LogP contribution is 2.15. The van der Waals surface area contributed by atoms with Gasteiger partial charge in [0.2, 0.25) is 12.3 Å². The second-order valence-electron chi connectivity index (χ2n) is 3.46. The molecule has 2 rings (SSSR count). The van der Waals surface area contributed by atoms with Gasteiger partial charge in [-0.25, -0.2) is 0 Å². The molecule has 0 bridgehead atoms. The van der Waals surface area contributed by atoms with E-state index in [0.29, 0.717) is 13.1 Å². The molecule has 1 aliphatic heterocycles. The van der Waals surface area contributed by atoms with E-state index in [2.05, 4.69) is 0 Å². The van der Waals surface area contributed by atoms with Crippen molar-refractivity contribution in [1.82, 2.24) is 4.90 Å². The highest BCUT2D eigenvalue weighted by Gasteiger charge is 2.23. The number of nitrogens with zero attached hydrogens (tertiary/aromatic N) is 2. The van der Waals surface area contributed by atoms with Crippen molar-refractivity contribution in [1.29, 1.82) is 0 Å². The van der Waals surface area contributed by atoms with Crippen molar-refractivity contribution in [3.8, 4) is 0 Å². The van der Waals surface area contributed by atoms with E-state index in [9.17, 15) is 9.59 Å². The molecule has 1 heterocycles. The maximum Gasteiger partial charge on any atom is 0.246 e. The van der Waals surface area contributed by atoms with E-state index in [4.69, 9.17) is 0 Å². The third-order valence-corrected chi connectivity index (χ3v) is 2.47. The number of para-hydroxylation sites is 1. The molecule has 0 saturated carbocycles. The Morgan fingerprint density at radius 2 is 1.87 bits per heavy atom. The van der Waals surface area contributed by atoms with Gasteiger partial charge < -0.3 is 9.80 Å². The topological polar surface area (TPSA) is 40.6 Å². The van der Waals surface area contributed by atoms with Gasteiger partial charge in [0.05, 0.1) is 6.54 Å². The Kier molecular flexibility index (Phi) is 2.67. The zero-order valence-corrected chi connectivity index (χ0v) is 8.30. The highest BCUT2D eigenvalue weighted by molar-refractivity contribution is 5.96. The molecule has 15 heavy (non-hydrogen) atoms. The third-order valence-electron chi connectivity index (χ3n) is 2.47. The van der Waals surface area contributed by atoms with Gasteiger partial charge in [-0.2, -0.15) is 0 Å². The van der Waals surface area contributed by atoms with Crippen molar-refractivity contribution >= 4 is 18.0 Å². The average molecular weight is 204 g/mol. The van der Waals surface area contributed by atoms with Crippen molar-refractivity contribution in [3.05, 3.63) is 30.3 Å². The number of carbonyl (C=O) groups excluding carboxylic acids is 2. The zero-order valence-electron chi connectivity index (χ0n) is 8.30. The fraction of sp³-hybridized carbons (Fsp3) is 0.273. The summed E-state index contributed by atoms with van der Waals surface area (Å²) in [6.07, 6.45) is 0.722. The summed E-state index contributed by atoms with van der Waals surface area (Å²) in [7, 11) is 0. The van der Waals surface area contributed by atoms with Gasteiger partial charge in [0.15, 0.2) is 0 Å². The normalized spacial score (nSPS) is 16.7. The van der Waals surface area contributed by atoms with Gasteiger partial charge >= 0.3 is 0 Å². The van der Waals surface area contributed by atoms with E-state index >= 15 is 0 Å². The van der Waals surface area contributed by atoms with Crippen molar-refractivity contribution in [2.45, 2.75) is 0 Å². The smallest absolute Gasteiger partial charge is 0.246 e. The second kappa shape index (κ2) is 4.13. The third kappa shape index (κ3) is 1.98. The van der Waals surface area contributed by atoms with Crippen LogP contribution in [0.3, 0.4) is 0 Å². The van der Waals surface area contributed by atoms with Crippen LogP contribution >= 0.6 is 0 Å². The van der Waals surface area contributed by atoms with Crippen LogP contribution in [0, 0.1) is 0 Å². The Morgan fingerprint density at radius 3 is 2.47 bits per heavy atom. The predicted molar refractivity (Wildman–Crippen MR) is 56.4 cm³/mol. The van der Waals surface area contributed by atoms with E-state index in [1.165, 1.54) is 4.90 Å². The minimum absolute atomic E-state index is 0.0282. The molecule has 0 aromatic heterocycles. The minimum Gasteiger partial charge on any atom is -0.334 e. The molecule has 1 fully saturated rings. The van der Waals surface area contributed by atoms with Gasteiger partial charge in [-0.15, -0.1) is 0 Å². The highest BCUT2D eigenvalue weighted by atomic mass is 16.2. The van der Waals surface area contributed by atoms with Crippen LogP contribution in [0.2, 0.25) is 0 Å². The maximum absolute atomic E-state index is 11.7. The Bertz CT molecular complexity index is 364. The Balaban J connectivity index is 2.13. The van der Waals surface area contributed by atoms with Crippen molar-refractivity contribution < 1.29 is 9.59 Å². The van der Waals surface area contributed by atoms with Crippen molar-refractivity contribution in [2.24, 2.45) is 0 Å². The van der Waals surface area contributed by atoms with Crippen LogP contribution in [-0.4, -0.2) is 36.9 Å². The number of hydrogen-bond acceptors (Lipinski definition) is 2. The molecule has 0 aliphatic carbocycles. The number of hydrogen-bond donors (Lipinski definition) is 0. The summed E-state index contributed by atoms with van der Waals surface area (Å²) in [5.41, 5.74) is 0.896. The zero-order chi connectivity index (χ0) is 10.7. The van der Waals surface area contributed by atoms with Crippen LogP contribution in [-0.2, 0) is 9.59 Å². The number of rotatable bonds is 2. The summed E-state index contributed by atoms with van der Waals surface area (Å²) in [6.45, 7) is 1.35. The van der Waals surface area contributed by atoms with E-state index < -0.39 is 0 Å². The van der Waals surface area contributed by atoms with Gasteiger partial charge in [0, 0.05) is 18.8 Å². The average Bonchev–Trinajstić information content (AvgIpc) is 2.30. The Morgan fingerprint density at radius 1 is 1.13 bits per heavy atom. The van der Waals surface area contributed by atoms with Crippen LogP contribution in [0.1, 0.15) is 0 Å². The van der Waals surface area contributed by atoms with Crippen molar-refractivity contribution in [3.63, 3.8) is 0 Å². The summed E-state index contributed by atoms with van der Waals surface area (Å²) < 4.78 is 0. The lowest BCUT2D eigenvalue weighted by molar-refractivity contribution is -0.128. The first-order chi connectivity index (χ1) is 7.31. The summed E-state index contributed by atoms with van der Waals surface area (Å²) in [5.74, 6) is -0.0282. The van der Waals surface area contributed by atoms with E-state index in [-0.39, 0.29) is 12.5 Å². The first kappa shape index (κ1) is 9.71. The van der Waals surface area contributed by atoms with Crippen molar-refractivity contribution in [2.75, 3.05) is 24.5 Å². The second-order valence-corrected chi connectivity index (χ2v) is 3.46. The lowest BCUT2D eigenvalue weighted by Gasteiger charge is -2.32. The fourth-order valence-corrected chi connectivity index (χ4v) is 1.66. The molecular formula is C11H12N2O2.